The van der Waals surface area contributed by atoms with E-state index in [1.165, 1.54) is 24.3 Å². The van der Waals surface area contributed by atoms with Crippen molar-refractivity contribution >= 4 is 23.4 Å². The fraction of sp³-hybridized carbons (Fsp3) is 0.714. The van der Waals surface area contributed by atoms with Gasteiger partial charge in [0.2, 0.25) is 0 Å². The highest BCUT2D eigenvalue weighted by Gasteiger charge is 2.14. The minimum Gasteiger partial charge on any atom is -0.370 e. The number of aryl methyl sites for hydroxylation is 1. The maximum atomic E-state index is 4.63. The molecule has 0 aromatic carbocycles. The Morgan fingerprint density at radius 3 is 2.84 bits per heavy atom. The molecule has 1 saturated heterocycles. The Morgan fingerprint density at radius 1 is 1.32 bits per heavy atom. The van der Waals surface area contributed by atoms with E-state index >= 15 is 0 Å². The SMILES string of the molecule is CCCc1nc(NCC)cc(NC2CCCSC2)n1. The molecule has 0 spiro atoms. The molecule has 2 N–H and O–H groups in total. The quantitative estimate of drug-likeness (QED) is 0.838. The van der Waals surface area contributed by atoms with Crippen molar-refractivity contribution in [2.75, 3.05) is 28.7 Å². The highest BCUT2D eigenvalue weighted by Crippen LogP contribution is 2.21. The third-order valence-electron chi connectivity index (χ3n) is 3.12. The van der Waals surface area contributed by atoms with Crippen LogP contribution in [0.5, 0.6) is 0 Å². The van der Waals surface area contributed by atoms with Gasteiger partial charge >= 0.3 is 0 Å². The van der Waals surface area contributed by atoms with Crippen LogP contribution in [0.2, 0.25) is 0 Å². The third-order valence-corrected chi connectivity index (χ3v) is 4.33. The Labute approximate surface area is 120 Å². The molecule has 106 valence electrons. The molecule has 1 fully saturated rings. The lowest BCUT2D eigenvalue weighted by Crippen LogP contribution is -2.26. The standard InChI is InChI=1S/C14H24N4S/c1-3-6-12-17-13(15-4-2)9-14(18-12)16-11-7-5-8-19-10-11/h9,11H,3-8,10H2,1-2H3,(H2,15,16,17,18). The predicted molar refractivity (Wildman–Crippen MR) is 84.2 cm³/mol. The summed E-state index contributed by atoms with van der Waals surface area (Å²) in [6, 6.07) is 2.58. The largest absolute Gasteiger partial charge is 0.370 e. The topological polar surface area (TPSA) is 49.8 Å². The van der Waals surface area contributed by atoms with Crippen LogP contribution in [0.1, 0.15) is 38.9 Å². The molecule has 1 aromatic heterocycles. The van der Waals surface area contributed by atoms with Gasteiger partial charge in [0.1, 0.15) is 17.5 Å². The van der Waals surface area contributed by atoms with Crippen molar-refractivity contribution < 1.29 is 0 Å². The molecule has 5 heteroatoms. The Hall–Kier alpha value is -0.970. The van der Waals surface area contributed by atoms with E-state index in [4.69, 9.17) is 0 Å². The molecule has 2 rings (SSSR count). The Kier molecular flexibility index (Phi) is 5.76. The number of hydrogen-bond acceptors (Lipinski definition) is 5. The van der Waals surface area contributed by atoms with Crippen LogP contribution in [0.3, 0.4) is 0 Å². The summed E-state index contributed by atoms with van der Waals surface area (Å²) in [6.45, 7) is 5.14. The first-order valence-corrected chi connectivity index (χ1v) is 8.43. The fourth-order valence-electron chi connectivity index (χ4n) is 2.24. The fourth-order valence-corrected chi connectivity index (χ4v) is 3.31. The van der Waals surface area contributed by atoms with Crippen LogP contribution in [0.4, 0.5) is 11.6 Å². The van der Waals surface area contributed by atoms with Gasteiger partial charge in [-0.1, -0.05) is 6.92 Å². The van der Waals surface area contributed by atoms with Gasteiger partial charge in [-0.05, 0) is 31.9 Å². The van der Waals surface area contributed by atoms with Crippen LogP contribution in [-0.2, 0) is 6.42 Å². The molecular weight excluding hydrogens is 256 g/mol. The van der Waals surface area contributed by atoms with E-state index in [0.29, 0.717) is 6.04 Å². The minimum absolute atomic E-state index is 0.553. The molecule has 0 saturated carbocycles. The molecule has 1 atom stereocenters. The number of nitrogens with one attached hydrogen (secondary N) is 2. The van der Waals surface area contributed by atoms with Crippen molar-refractivity contribution in [2.45, 2.75) is 45.6 Å². The van der Waals surface area contributed by atoms with Crippen LogP contribution in [0.25, 0.3) is 0 Å². The van der Waals surface area contributed by atoms with E-state index in [1.54, 1.807) is 0 Å². The monoisotopic (exact) mass is 280 g/mol. The van der Waals surface area contributed by atoms with Crippen LogP contribution < -0.4 is 10.6 Å². The zero-order chi connectivity index (χ0) is 13.5. The summed E-state index contributed by atoms with van der Waals surface area (Å²) in [6.07, 6.45) is 4.56. The van der Waals surface area contributed by atoms with E-state index in [1.807, 2.05) is 17.8 Å². The predicted octanol–water partition coefficient (Wildman–Crippen LogP) is 3.17. The van der Waals surface area contributed by atoms with E-state index < -0.39 is 0 Å². The second-order valence-electron chi connectivity index (χ2n) is 4.89. The van der Waals surface area contributed by atoms with Crippen LogP contribution in [0.15, 0.2) is 6.07 Å². The molecule has 1 aliphatic heterocycles. The summed E-state index contributed by atoms with van der Waals surface area (Å²) in [5.74, 6) is 5.33. The Balaban J connectivity index is 2.08. The average molecular weight is 280 g/mol. The van der Waals surface area contributed by atoms with E-state index in [9.17, 15) is 0 Å². The van der Waals surface area contributed by atoms with Gasteiger partial charge in [-0.2, -0.15) is 11.8 Å². The van der Waals surface area contributed by atoms with Gasteiger partial charge in [0.25, 0.3) is 0 Å². The second-order valence-corrected chi connectivity index (χ2v) is 6.04. The average Bonchev–Trinajstić information content (AvgIpc) is 2.40. The first-order valence-electron chi connectivity index (χ1n) is 7.28. The van der Waals surface area contributed by atoms with Crippen molar-refractivity contribution in [2.24, 2.45) is 0 Å². The highest BCUT2D eigenvalue weighted by molar-refractivity contribution is 7.99. The van der Waals surface area contributed by atoms with Crippen molar-refractivity contribution in [1.29, 1.82) is 0 Å². The molecule has 0 aliphatic carbocycles. The molecule has 2 heterocycles. The lowest BCUT2D eigenvalue weighted by atomic mass is 10.2. The van der Waals surface area contributed by atoms with Gasteiger partial charge in [0, 0.05) is 30.8 Å². The Bertz CT molecular complexity index is 367. The number of anilines is 2. The Morgan fingerprint density at radius 2 is 2.16 bits per heavy atom. The summed E-state index contributed by atoms with van der Waals surface area (Å²) in [5, 5.41) is 6.85. The van der Waals surface area contributed by atoms with Gasteiger partial charge in [0.05, 0.1) is 0 Å². The molecule has 1 aromatic rings. The summed E-state index contributed by atoms with van der Waals surface area (Å²) in [4.78, 5) is 9.17. The number of rotatable bonds is 6. The molecule has 4 nitrogen and oxygen atoms in total. The van der Waals surface area contributed by atoms with E-state index in [2.05, 4.69) is 34.4 Å². The lowest BCUT2D eigenvalue weighted by molar-refractivity contribution is 0.680. The molecular formula is C14H24N4S. The minimum atomic E-state index is 0.553. The summed E-state index contributed by atoms with van der Waals surface area (Å²) < 4.78 is 0. The first kappa shape index (κ1) is 14.4. The molecule has 0 bridgehead atoms. The van der Waals surface area contributed by atoms with Gasteiger partial charge < -0.3 is 10.6 Å². The van der Waals surface area contributed by atoms with Crippen LogP contribution in [0, 0.1) is 0 Å². The first-order chi connectivity index (χ1) is 9.31. The number of aromatic nitrogens is 2. The number of nitrogens with zero attached hydrogens (tertiary/aromatic N) is 2. The number of thioether (sulfide) groups is 1. The normalized spacial score (nSPS) is 19.2. The number of hydrogen-bond donors (Lipinski definition) is 2. The zero-order valence-corrected chi connectivity index (χ0v) is 12.7. The smallest absolute Gasteiger partial charge is 0.133 e. The van der Waals surface area contributed by atoms with Gasteiger partial charge in [-0.25, -0.2) is 9.97 Å². The highest BCUT2D eigenvalue weighted by atomic mass is 32.2. The van der Waals surface area contributed by atoms with Crippen molar-refractivity contribution in [3.63, 3.8) is 0 Å². The zero-order valence-electron chi connectivity index (χ0n) is 11.9. The van der Waals surface area contributed by atoms with Crippen molar-refractivity contribution in [3.05, 3.63) is 11.9 Å². The molecule has 1 unspecified atom stereocenters. The van der Waals surface area contributed by atoms with Gasteiger partial charge in [-0.15, -0.1) is 0 Å². The summed E-state index contributed by atoms with van der Waals surface area (Å²) in [5.41, 5.74) is 0. The second kappa shape index (κ2) is 7.58. The maximum absolute atomic E-state index is 4.63. The van der Waals surface area contributed by atoms with Gasteiger partial charge in [0.15, 0.2) is 0 Å². The van der Waals surface area contributed by atoms with Crippen molar-refractivity contribution in [3.8, 4) is 0 Å². The summed E-state index contributed by atoms with van der Waals surface area (Å²) >= 11 is 2.03. The van der Waals surface area contributed by atoms with E-state index in [0.717, 1.165) is 36.8 Å². The maximum Gasteiger partial charge on any atom is 0.133 e. The molecule has 0 radical (unpaired) electrons. The molecule has 1 aliphatic rings. The molecule has 19 heavy (non-hydrogen) atoms. The van der Waals surface area contributed by atoms with E-state index in [-0.39, 0.29) is 0 Å². The van der Waals surface area contributed by atoms with Crippen LogP contribution >= 0.6 is 11.8 Å². The summed E-state index contributed by atoms with van der Waals surface area (Å²) in [7, 11) is 0. The van der Waals surface area contributed by atoms with Crippen LogP contribution in [-0.4, -0.2) is 34.1 Å². The van der Waals surface area contributed by atoms with Crippen molar-refractivity contribution in [1.82, 2.24) is 9.97 Å². The van der Waals surface area contributed by atoms with Gasteiger partial charge in [-0.3, -0.25) is 0 Å². The molecule has 0 amide bonds. The lowest BCUT2D eigenvalue weighted by Gasteiger charge is -2.23. The third kappa shape index (κ3) is 4.56.